The standard InChI is InChI=1S/C7H4F2O2.Bi/c8-4-2-1-3-5(9)6(4)7(10)11;/h1-3H,(H,10,11);/q;+1/p-1. The van der Waals surface area contributed by atoms with Crippen LogP contribution >= 0.6 is 0 Å². The summed E-state index contributed by atoms with van der Waals surface area (Å²) in [6.45, 7) is 0. The van der Waals surface area contributed by atoms with Gasteiger partial charge in [0.2, 0.25) is 0 Å². The van der Waals surface area contributed by atoms with Crippen LogP contribution in [0.25, 0.3) is 0 Å². The summed E-state index contributed by atoms with van der Waals surface area (Å²) in [5.41, 5.74) is -0.625. The van der Waals surface area contributed by atoms with E-state index >= 15 is 0 Å². The Labute approximate surface area is 83.0 Å². The van der Waals surface area contributed by atoms with Crippen LogP contribution in [0.15, 0.2) is 18.2 Å². The first-order valence-electron chi connectivity index (χ1n) is 2.96. The van der Waals surface area contributed by atoms with Gasteiger partial charge in [-0.25, -0.2) is 0 Å². The molecule has 0 N–H and O–H groups in total. The van der Waals surface area contributed by atoms with Crippen LogP contribution < -0.4 is 0 Å². The average Bonchev–Trinajstić information content (AvgIpc) is 2.03. The van der Waals surface area contributed by atoms with Crippen molar-refractivity contribution in [1.82, 2.24) is 0 Å². The second-order valence-electron chi connectivity index (χ2n) is 1.98. The second-order valence-corrected chi connectivity index (χ2v) is 2.69. The van der Waals surface area contributed by atoms with Gasteiger partial charge in [0.05, 0.1) is 0 Å². The van der Waals surface area contributed by atoms with Crippen molar-refractivity contribution < 1.29 is 16.4 Å². The molecular weight excluding hydrogens is 363 g/mol. The minimum absolute atomic E-state index is 0.309. The molecule has 2 nitrogen and oxygen atoms in total. The third-order valence-corrected chi connectivity index (χ3v) is 1.89. The van der Waals surface area contributed by atoms with Crippen molar-refractivity contribution in [3.8, 4) is 0 Å². The Bertz CT molecular complexity index is 294. The van der Waals surface area contributed by atoms with Crippen LogP contribution in [-0.4, -0.2) is 31.1 Å². The molecule has 1 aromatic carbocycles. The van der Waals surface area contributed by atoms with Gasteiger partial charge in [0.1, 0.15) is 0 Å². The van der Waals surface area contributed by atoms with Gasteiger partial charge in [0, 0.05) is 0 Å². The first-order valence-corrected chi connectivity index (χ1v) is 4.38. The fourth-order valence-corrected chi connectivity index (χ4v) is 1.09. The van der Waals surface area contributed by atoms with Crippen LogP contribution in [0.4, 0.5) is 8.78 Å². The predicted octanol–water partition coefficient (Wildman–Crippen LogP) is 1.21. The van der Waals surface area contributed by atoms with Crippen LogP contribution in [-0.2, 0) is 2.81 Å². The number of carbonyl (C=O) groups excluding carboxylic acids is 1. The number of rotatable bonds is 1. The van der Waals surface area contributed by atoms with E-state index in [1.165, 1.54) is 6.07 Å². The van der Waals surface area contributed by atoms with E-state index in [1.807, 2.05) is 0 Å². The molecule has 1 rings (SSSR count). The molecule has 0 heterocycles. The topological polar surface area (TPSA) is 26.3 Å². The SMILES string of the molecule is O=C([O][Bi])c1c(F)cccc1F. The molecule has 0 spiro atoms. The third-order valence-electron chi connectivity index (χ3n) is 1.25. The Morgan fingerprint density at radius 1 is 1.33 bits per heavy atom. The fraction of sp³-hybridized carbons (Fsp3) is 0. The number of hydrogen-bond donors (Lipinski definition) is 0. The summed E-state index contributed by atoms with van der Waals surface area (Å²) in [5.74, 6) is -2.75. The predicted molar refractivity (Wildman–Crippen MR) is 37.5 cm³/mol. The molecule has 0 saturated heterocycles. The third kappa shape index (κ3) is 1.78. The van der Waals surface area contributed by atoms with Gasteiger partial charge in [-0.1, -0.05) is 0 Å². The van der Waals surface area contributed by atoms with E-state index < -0.39 is 23.2 Å². The Balaban J connectivity index is 3.21. The van der Waals surface area contributed by atoms with Crippen molar-refractivity contribution in [3.63, 3.8) is 0 Å². The van der Waals surface area contributed by atoms with Crippen LogP contribution in [0.5, 0.6) is 0 Å². The van der Waals surface area contributed by atoms with Crippen LogP contribution in [0.1, 0.15) is 10.4 Å². The second kappa shape index (κ2) is 3.90. The molecule has 12 heavy (non-hydrogen) atoms. The van der Waals surface area contributed by atoms with Crippen molar-refractivity contribution in [2.24, 2.45) is 0 Å². The van der Waals surface area contributed by atoms with E-state index in [0.717, 1.165) is 12.1 Å². The molecule has 0 aliphatic heterocycles. The summed E-state index contributed by atoms with van der Waals surface area (Å²) in [6, 6.07) is 3.20. The van der Waals surface area contributed by atoms with E-state index in [2.05, 4.69) is 2.81 Å². The van der Waals surface area contributed by atoms with Crippen molar-refractivity contribution in [1.29, 1.82) is 0 Å². The van der Waals surface area contributed by atoms with Crippen molar-refractivity contribution in [2.45, 2.75) is 0 Å². The summed E-state index contributed by atoms with van der Waals surface area (Å²) in [7, 11) is 0. The molecular formula is C7H3BiF2O2. The summed E-state index contributed by atoms with van der Waals surface area (Å²) in [5, 5.41) is 0. The maximum atomic E-state index is 12.8. The molecule has 0 saturated carbocycles. The van der Waals surface area contributed by atoms with Gasteiger partial charge < -0.3 is 0 Å². The van der Waals surface area contributed by atoms with E-state index in [0.29, 0.717) is 25.2 Å². The maximum absolute atomic E-state index is 12.8. The van der Waals surface area contributed by atoms with E-state index in [9.17, 15) is 13.6 Å². The van der Waals surface area contributed by atoms with Gasteiger partial charge in [-0.05, 0) is 0 Å². The monoisotopic (exact) mass is 366 g/mol. The van der Waals surface area contributed by atoms with Crippen molar-refractivity contribution >= 4 is 31.1 Å². The molecule has 2 radical (unpaired) electrons. The Morgan fingerprint density at radius 3 is 2.25 bits per heavy atom. The van der Waals surface area contributed by atoms with Gasteiger partial charge in [-0.2, -0.15) is 0 Å². The van der Waals surface area contributed by atoms with Crippen LogP contribution in [0.3, 0.4) is 0 Å². The van der Waals surface area contributed by atoms with Gasteiger partial charge >= 0.3 is 82.9 Å². The average molecular weight is 366 g/mol. The fourth-order valence-electron chi connectivity index (χ4n) is 0.738. The zero-order chi connectivity index (χ0) is 9.14. The van der Waals surface area contributed by atoms with Crippen LogP contribution in [0, 0.1) is 11.6 Å². The van der Waals surface area contributed by atoms with Gasteiger partial charge in [0.25, 0.3) is 0 Å². The van der Waals surface area contributed by atoms with Gasteiger partial charge in [-0.15, -0.1) is 0 Å². The Kier molecular flexibility index (Phi) is 3.09. The molecule has 0 aromatic heterocycles. The minimum atomic E-state index is -0.959. The van der Waals surface area contributed by atoms with E-state index in [4.69, 9.17) is 0 Å². The van der Waals surface area contributed by atoms with Crippen molar-refractivity contribution in [3.05, 3.63) is 35.4 Å². The summed E-state index contributed by atoms with van der Waals surface area (Å²) in [4.78, 5) is 10.8. The quantitative estimate of drug-likeness (QED) is 0.699. The zero-order valence-electron chi connectivity index (χ0n) is 5.75. The van der Waals surface area contributed by atoms with Gasteiger partial charge in [0.15, 0.2) is 0 Å². The van der Waals surface area contributed by atoms with Gasteiger partial charge in [-0.3, -0.25) is 0 Å². The number of benzene rings is 1. The molecule has 0 bridgehead atoms. The molecule has 5 heteroatoms. The molecule has 0 aliphatic rings. The molecule has 0 amide bonds. The molecule has 62 valence electrons. The Morgan fingerprint density at radius 2 is 1.83 bits per heavy atom. The molecule has 0 fully saturated rings. The van der Waals surface area contributed by atoms with Crippen molar-refractivity contribution in [2.75, 3.05) is 0 Å². The summed E-state index contributed by atoms with van der Waals surface area (Å²) in [6.07, 6.45) is 0. The first kappa shape index (κ1) is 9.52. The summed E-state index contributed by atoms with van der Waals surface area (Å²) >= 11 is 0.309. The summed E-state index contributed by atoms with van der Waals surface area (Å²) < 4.78 is 29.8. The zero-order valence-corrected chi connectivity index (χ0v) is 9.23. The molecule has 0 aliphatic carbocycles. The first-order chi connectivity index (χ1) is 5.66. The van der Waals surface area contributed by atoms with E-state index in [-0.39, 0.29) is 0 Å². The Hall–Kier alpha value is -0.567. The molecule has 1 aromatic rings. The normalized spacial score (nSPS) is 9.58. The van der Waals surface area contributed by atoms with E-state index in [1.54, 1.807) is 0 Å². The molecule has 0 unspecified atom stereocenters. The number of hydrogen-bond acceptors (Lipinski definition) is 2. The molecule has 0 atom stereocenters. The van der Waals surface area contributed by atoms with Crippen LogP contribution in [0.2, 0.25) is 0 Å². The number of carbonyl (C=O) groups is 1. The number of halogens is 2.